The number of fused-ring (bicyclic) bond motifs is 1. The third-order valence-electron chi connectivity index (χ3n) is 5.29. The lowest BCUT2D eigenvalue weighted by atomic mass is 9.79. The summed E-state index contributed by atoms with van der Waals surface area (Å²) in [6.07, 6.45) is 4.36. The Hall–Kier alpha value is -2.42. The lowest BCUT2D eigenvalue weighted by Gasteiger charge is -2.18. The van der Waals surface area contributed by atoms with Crippen molar-refractivity contribution in [2.24, 2.45) is 0 Å². The van der Waals surface area contributed by atoms with Gasteiger partial charge in [0, 0.05) is 17.7 Å². The number of hydrogen-bond donors (Lipinski definition) is 0. The average molecular weight is 450 g/mol. The van der Waals surface area contributed by atoms with E-state index in [1.807, 2.05) is 18.2 Å². The molecule has 0 saturated heterocycles. The summed E-state index contributed by atoms with van der Waals surface area (Å²) in [5.41, 5.74) is 7.71. The Morgan fingerprint density at radius 2 is 1.48 bits per heavy atom. The highest BCUT2D eigenvalue weighted by Gasteiger charge is 2.44. The van der Waals surface area contributed by atoms with Crippen LogP contribution >= 0.6 is 0 Å². The van der Waals surface area contributed by atoms with E-state index in [9.17, 15) is 0 Å². The van der Waals surface area contributed by atoms with Crippen molar-refractivity contribution in [3.63, 3.8) is 0 Å². The summed E-state index contributed by atoms with van der Waals surface area (Å²) in [6.45, 7) is 8.96. The lowest BCUT2D eigenvalue weighted by molar-refractivity contribution is -2.00. The monoisotopic (exact) mass is 449 g/mol. The summed E-state index contributed by atoms with van der Waals surface area (Å²) >= 11 is 0. The first-order valence-corrected chi connectivity index (χ1v) is 10.8. The molecule has 31 heavy (non-hydrogen) atoms. The van der Waals surface area contributed by atoms with Gasteiger partial charge in [-0.15, -0.1) is 10.2 Å². The minimum atomic E-state index is -4.94. The smallest absolute Gasteiger partial charge is 0.210 e. The zero-order valence-corrected chi connectivity index (χ0v) is 19.6. The van der Waals surface area contributed by atoms with Gasteiger partial charge in [0.2, 0.25) is 5.69 Å². The first-order chi connectivity index (χ1) is 14.3. The summed E-state index contributed by atoms with van der Waals surface area (Å²) in [5.74, 6) is 1.49. The molecule has 2 aromatic carbocycles. The zero-order chi connectivity index (χ0) is 23.6. The fourth-order valence-electron chi connectivity index (χ4n) is 4.15. The number of rotatable bonds is 4. The largest absolute Gasteiger partial charge is 0.493 e. The van der Waals surface area contributed by atoms with Crippen molar-refractivity contribution in [2.45, 2.75) is 33.1 Å². The molecule has 0 bridgehead atoms. The Kier molecular flexibility index (Phi) is 7.52. The predicted octanol–water partition coefficient (Wildman–Crippen LogP) is 0.284. The van der Waals surface area contributed by atoms with Gasteiger partial charge in [-0.1, -0.05) is 12.1 Å². The second kappa shape index (κ2) is 9.38. The van der Waals surface area contributed by atoms with Gasteiger partial charge in [-0.3, -0.25) is 0 Å². The Morgan fingerprint density at radius 1 is 0.903 bits per heavy atom. The predicted molar refractivity (Wildman–Crippen MR) is 108 cm³/mol. The van der Waals surface area contributed by atoms with Crippen LogP contribution in [0.2, 0.25) is 0 Å². The molecule has 0 amide bonds. The van der Waals surface area contributed by atoms with Crippen LogP contribution in [0.15, 0.2) is 36.4 Å². The molecule has 8 heteroatoms. The normalized spacial score (nSPS) is 14.9. The average Bonchev–Trinajstić information content (AvgIpc) is 2.84. The Bertz CT molecular complexity index is 1020. The molecule has 1 aliphatic heterocycles. The minimum Gasteiger partial charge on any atom is -0.493 e. The first kappa shape index (κ1) is 24.8. The van der Waals surface area contributed by atoms with E-state index in [2.05, 4.69) is 63.6 Å². The number of nitrogens with zero attached hydrogens (tertiary/aromatic N) is 1. The molecule has 0 aromatic heterocycles. The second-order valence-electron chi connectivity index (χ2n) is 7.87. The van der Waals surface area contributed by atoms with Gasteiger partial charge in [0.1, 0.15) is 7.05 Å². The third kappa shape index (κ3) is 5.84. The van der Waals surface area contributed by atoms with Gasteiger partial charge >= 0.3 is 0 Å². The molecule has 1 heterocycles. The van der Waals surface area contributed by atoms with Crippen LogP contribution in [-0.2, 0) is 5.41 Å². The van der Waals surface area contributed by atoms with Crippen LogP contribution in [0.3, 0.4) is 0 Å². The fraction of sp³-hybridized carbons (Fsp3) is 0.348. The third-order valence-corrected chi connectivity index (χ3v) is 5.29. The van der Waals surface area contributed by atoms with Crippen LogP contribution in [0.1, 0.15) is 36.1 Å². The van der Waals surface area contributed by atoms with E-state index in [1.54, 1.807) is 14.2 Å². The van der Waals surface area contributed by atoms with E-state index in [0.717, 1.165) is 17.1 Å². The molecule has 3 rings (SSSR count). The Balaban J connectivity index is 0.000000614. The summed E-state index contributed by atoms with van der Waals surface area (Å²) in [4.78, 5) is 0. The number of ether oxygens (including phenoxy) is 2. The van der Waals surface area contributed by atoms with Crippen molar-refractivity contribution >= 4 is 17.5 Å². The number of benzene rings is 2. The quantitative estimate of drug-likeness (QED) is 0.619. The highest BCUT2D eigenvalue weighted by molar-refractivity contribution is 6.05. The molecule has 168 valence electrons. The molecular weight excluding hydrogens is 422 g/mol. The SMILES string of the molecule is COc1ccc(C=CC2=[N+](C)c3cc(C)cc(C)c3C2(C)C)cc1OC.[O-][Cl+3]([O-])([O-])[O-]. The van der Waals surface area contributed by atoms with Crippen molar-refractivity contribution in [1.82, 2.24) is 0 Å². The van der Waals surface area contributed by atoms with Gasteiger partial charge in [0.15, 0.2) is 17.2 Å². The molecule has 0 fully saturated rings. The van der Waals surface area contributed by atoms with Crippen LogP contribution in [-0.4, -0.2) is 31.6 Å². The maximum absolute atomic E-state index is 8.49. The highest BCUT2D eigenvalue weighted by atomic mass is 35.7. The topological polar surface area (TPSA) is 114 Å². The van der Waals surface area contributed by atoms with E-state index in [-0.39, 0.29) is 5.41 Å². The molecule has 0 N–H and O–H groups in total. The van der Waals surface area contributed by atoms with Gasteiger partial charge in [-0.05, 0) is 62.6 Å². The van der Waals surface area contributed by atoms with Crippen molar-refractivity contribution < 1.29 is 42.9 Å². The van der Waals surface area contributed by atoms with Gasteiger partial charge in [-0.25, -0.2) is 18.6 Å². The van der Waals surface area contributed by atoms with Crippen molar-refractivity contribution in [1.29, 1.82) is 0 Å². The van der Waals surface area contributed by atoms with E-state index >= 15 is 0 Å². The van der Waals surface area contributed by atoms with Crippen molar-refractivity contribution in [3.8, 4) is 11.5 Å². The number of hydrogen-bond acceptors (Lipinski definition) is 6. The molecule has 0 aliphatic carbocycles. The Labute approximate surface area is 185 Å². The standard InChI is InChI=1S/C23H28NO2.ClHO4/c1-15-12-16(2)22-18(13-15)24(5)21(23(22,3)4)11-9-17-8-10-19(25-6)20(14-17)26-7;2-1(3,4)5/h8-14H,1-7H3;(H,2,3,4,5)/q+1;/p-1. The lowest BCUT2D eigenvalue weighted by Crippen LogP contribution is -2.68. The highest BCUT2D eigenvalue weighted by Crippen LogP contribution is 2.42. The number of methoxy groups -OCH3 is 2. The number of aryl methyl sites for hydroxylation is 2. The van der Waals surface area contributed by atoms with Gasteiger partial charge < -0.3 is 9.47 Å². The molecule has 0 saturated carbocycles. The number of allylic oxidation sites excluding steroid dienone is 1. The summed E-state index contributed by atoms with van der Waals surface area (Å²) in [6, 6.07) is 10.5. The molecule has 0 radical (unpaired) electrons. The molecule has 0 unspecified atom stereocenters. The summed E-state index contributed by atoms with van der Waals surface area (Å²) < 4.78 is 47.0. The second-order valence-corrected chi connectivity index (χ2v) is 8.63. The summed E-state index contributed by atoms with van der Waals surface area (Å²) in [7, 11) is 0.525. The van der Waals surface area contributed by atoms with Crippen LogP contribution in [0.4, 0.5) is 5.69 Å². The molecule has 1 aliphatic rings. The molecule has 2 aromatic rings. The van der Waals surface area contributed by atoms with Crippen LogP contribution < -0.4 is 28.1 Å². The van der Waals surface area contributed by atoms with Gasteiger partial charge in [0.05, 0.1) is 19.6 Å². The summed E-state index contributed by atoms with van der Waals surface area (Å²) in [5, 5.41) is 0. The van der Waals surface area contributed by atoms with E-state index in [1.165, 1.54) is 28.1 Å². The minimum absolute atomic E-state index is 0.0328. The number of halogens is 1. The van der Waals surface area contributed by atoms with Crippen LogP contribution in [0, 0.1) is 24.1 Å². The van der Waals surface area contributed by atoms with E-state index in [4.69, 9.17) is 28.1 Å². The maximum Gasteiger partial charge on any atom is 0.210 e. The molecular formula is C23H28ClNO6. The zero-order valence-electron chi connectivity index (χ0n) is 18.8. The van der Waals surface area contributed by atoms with Crippen LogP contribution in [0.25, 0.3) is 6.08 Å². The maximum atomic E-state index is 8.49. The van der Waals surface area contributed by atoms with Crippen molar-refractivity contribution in [3.05, 3.63) is 58.7 Å². The van der Waals surface area contributed by atoms with E-state index < -0.39 is 10.2 Å². The Morgan fingerprint density at radius 3 is 2.03 bits per heavy atom. The van der Waals surface area contributed by atoms with E-state index in [0.29, 0.717) is 0 Å². The molecule has 0 spiro atoms. The van der Waals surface area contributed by atoms with Gasteiger partial charge in [0.25, 0.3) is 0 Å². The van der Waals surface area contributed by atoms with Crippen molar-refractivity contribution in [2.75, 3.05) is 21.3 Å². The van der Waals surface area contributed by atoms with Crippen LogP contribution in [0.5, 0.6) is 11.5 Å². The molecule has 0 atom stereocenters. The molecule has 7 nitrogen and oxygen atoms in total. The van der Waals surface area contributed by atoms with Gasteiger partial charge in [-0.2, -0.15) is 4.58 Å². The fourth-order valence-corrected chi connectivity index (χ4v) is 4.15. The first-order valence-electron chi connectivity index (χ1n) is 9.54.